The molecule has 1 N–H and O–H groups in total. The Morgan fingerprint density at radius 2 is 1.64 bits per heavy atom. The fraction of sp³-hybridized carbons (Fsp3) is 0.172. The third-order valence-corrected chi connectivity index (χ3v) is 7.03. The van der Waals surface area contributed by atoms with Crippen molar-refractivity contribution in [3.63, 3.8) is 0 Å². The van der Waals surface area contributed by atoms with Gasteiger partial charge in [-0.25, -0.2) is 9.97 Å². The van der Waals surface area contributed by atoms with Crippen LogP contribution in [0.3, 0.4) is 0 Å². The first-order valence-corrected chi connectivity index (χ1v) is 13.8. The number of hydrogen-bond donors (Lipinski definition) is 1. The molecule has 0 saturated heterocycles. The van der Waals surface area contributed by atoms with Gasteiger partial charge in [0.1, 0.15) is 17.3 Å². The summed E-state index contributed by atoms with van der Waals surface area (Å²) < 4.78 is 113. The molecule has 1 unspecified atom stereocenters. The number of imidazole rings is 1. The number of aryl methyl sites for hydroxylation is 1. The third kappa shape index (κ3) is 6.69. The predicted molar refractivity (Wildman–Crippen MR) is 144 cm³/mol. The van der Waals surface area contributed by atoms with Crippen molar-refractivity contribution in [2.75, 3.05) is 6.61 Å². The molecule has 8 nitrogen and oxygen atoms in total. The van der Waals surface area contributed by atoms with E-state index in [-0.39, 0.29) is 57.9 Å². The van der Waals surface area contributed by atoms with Crippen LogP contribution in [0.2, 0.25) is 0 Å². The van der Waals surface area contributed by atoms with Gasteiger partial charge < -0.3 is 23.4 Å². The van der Waals surface area contributed by atoms with Crippen molar-refractivity contribution >= 4 is 11.1 Å². The molecule has 0 saturated carbocycles. The SMILES string of the molecule is Cc1nc(C(F)(F)F)cn1-c1ccc(-c2cccc(S(=O)[O-])c2)cc1-c1nc(CCO)oc1-c1ccc(OC(F)(F)F)cc1. The first kappa shape index (κ1) is 31.0. The van der Waals surface area contributed by atoms with Crippen molar-refractivity contribution in [3.8, 4) is 45.1 Å². The lowest BCUT2D eigenvalue weighted by Gasteiger charge is -2.15. The van der Waals surface area contributed by atoms with Crippen molar-refractivity contribution in [2.45, 2.75) is 30.8 Å². The molecule has 5 aromatic rings. The minimum Gasteiger partial charge on any atom is -0.768 e. The van der Waals surface area contributed by atoms with Crippen molar-refractivity contribution in [1.82, 2.24) is 14.5 Å². The molecular weight excluding hydrogens is 616 g/mol. The zero-order valence-corrected chi connectivity index (χ0v) is 23.3. The van der Waals surface area contributed by atoms with Gasteiger partial charge in [0.25, 0.3) is 0 Å². The van der Waals surface area contributed by atoms with Gasteiger partial charge in [0, 0.05) is 28.6 Å². The van der Waals surface area contributed by atoms with E-state index in [1.165, 1.54) is 47.9 Å². The number of hydrogen-bond acceptors (Lipinski definition) is 7. The first-order chi connectivity index (χ1) is 20.7. The highest BCUT2D eigenvalue weighted by Gasteiger charge is 2.35. The molecule has 0 amide bonds. The molecule has 44 heavy (non-hydrogen) atoms. The number of aliphatic hydroxyl groups excluding tert-OH is 1. The molecular formula is C29H20F6N3O5S-. The molecule has 0 bridgehead atoms. The molecule has 0 aliphatic rings. The smallest absolute Gasteiger partial charge is 0.573 e. The number of benzene rings is 3. The summed E-state index contributed by atoms with van der Waals surface area (Å²) in [5, 5.41) is 9.52. The molecule has 0 spiro atoms. The Hall–Kier alpha value is -4.47. The topological polar surface area (TPSA) is 113 Å². The van der Waals surface area contributed by atoms with Crippen LogP contribution >= 0.6 is 0 Å². The number of oxazole rings is 1. The number of alkyl halides is 6. The molecule has 2 aromatic heterocycles. The van der Waals surface area contributed by atoms with Gasteiger partial charge in [-0.3, -0.25) is 4.21 Å². The zero-order chi connectivity index (χ0) is 31.8. The highest BCUT2D eigenvalue weighted by atomic mass is 32.2. The average molecular weight is 637 g/mol. The van der Waals surface area contributed by atoms with Gasteiger partial charge in [0.2, 0.25) is 0 Å². The van der Waals surface area contributed by atoms with Crippen LogP contribution in [0.15, 0.2) is 82.2 Å². The third-order valence-electron chi connectivity index (χ3n) is 6.39. The minimum atomic E-state index is -4.92. The molecule has 230 valence electrons. The van der Waals surface area contributed by atoms with Crippen LogP contribution in [0.4, 0.5) is 26.3 Å². The lowest BCUT2D eigenvalue weighted by atomic mass is 9.98. The van der Waals surface area contributed by atoms with Gasteiger partial charge in [-0.05, 0) is 77.7 Å². The Kier molecular flexibility index (Phi) is 8.38. The number of rotatable bonds is 8. The summed E-state index contributed by atoms with van der Waals surface area (Å²) >= 11 is -2.53. The van der Waals surface area contributed by atoms with E-state index in [1.54, 1.807) is 18.2 Å². The quantitative estimate of drug-likeness (QED) is 0.146. The summed E-state index contributed by atoms with van der Waals surface area (Å²) in [5.41, 5.74) is 0.564. The average Bonchev–Trinajstić information content (AvgIpc) is 3.56. The summed E-state index contributed by atoms with van der Waals surface area (Å²) in [6, 6.07) is 15.3. The van der Waals surface area contributed by atoms with Gasteiger partial charge >= 0.3 is 12.5 Å². The van der Waals surface area contributed by atoms with E-state index in [0.717, 1.165) is 18.3 Å². The maximum Gasteiger partial charge on any atom is 0.573 e. The van der Waals surface area contributed by atoms with Gasteiger partial charge in [-0.15, -0.1) is 13.2 Å². The summed E-state index contributed by atoms with van der Waals surface area (Å²) in [6.07, 6.45) is -8.89. The predicted octanol–water partition coefficient (Wildman–Crippen LogP) is 6.86. The monoisotopic (exact) mass is 636 g/mol. The van der Waals surface area contributed by atoms with E-state index in [4.69, 9.17) is 4.42 Å². The number of aromatic nitrogens is 3. The van der Waals surface area contributed by atoms with Crippen molar-refractivity contribution in [1.29, 1.82) is 0 Å². The molecule has 1 atom stereocenters. The number of ether oxygens (including phenoxy) is 1. The Bertz CT molecular complexity index is 1830. The Labute approximate surface area is 247 Å². The first-order valence-electron chi connectivity index (χ1n) is 12.7. The van der Waals surface area contributed by atoms with E-state index in [9.17, 15) is 40.2 Å². The largest absolute Gasteiger partial charge is 0.768 e. The van der Waals surface area contributed by atoms with Gasteiger partial charge in [-0.1, -0.05) is 18.2 Å². The van der Waals surface area contributed by atoms with Crippen molar-refractivity contribution < 1.29 is 49.4 Å². The number of halogens is 6. The normalized spacial score (nSPS) is 12.8. The molecule has 0 aliphatic heterocycles. The summed E-state index contributed by atoms with van der Waals surface area (Å²) in [5.74, 6) is -0.408. The lowest BCUT2D eigenvalue weighted by molar-refractivity contribution is -0.274. The molecule has 5 rings (SSSR count). The maximum atomic E-state index is 13.6. The van der Waals surface area contributed by atoms with Gasteiger partial charge in [-0.2, -0.15) is 13.2 Å². The highest BCUT2D eigenvalue weighted by molar-refractivity contribution is 7.79. The van der Waals surface area contributed by atoms with Crippen LogP contribution in [-0.2, 0) is 23.7 Å². The molecule has 0 radical (unpaired) electrons. The number of nitrogens with zero attached hydrogens (tertiary/aromatic N) is 3. The van der Waals surface area contributed by atoms with E-state index < -0.39 is 35.1 Å². The molecule has 0 aliphatic carbocycles. The van der Waals surface area contributed by atoms with E-state index in [2.05, 4.69) is 14.7 Å². The standard InChI is InChI=1S/C29H21F6N3O5S/c1-16-36-24(28(30,31)32)15-38(16)23-10-7-19(18-3-2-4-21(13-18)44(40)41)14-22(23)26-27(42-25(37-26)11-12-39)17-5-8-20(9-6-17)43-29(33,34)35/h2-10,13-15,39H,11-12H2,1H3,(H,40,41)/p-1. The van der Waals surface area contributed by atoms with Crippen LogP contribution in [0.25, 0.3) is 39.4 Å². The van der Waals surface area contributed by atoms with E-state index in [1.807, 2.05) is 0 Å². The highest BCUT2D eigenvalue weighted by Crippen LogP contribution is 2.40. The van der Waals surface area contributed by atoms with Crippen LogP contribution in [0.5, 0.6) is 5.75 Å². The second-order valence-corrected chi connectivity index (χ2v) is 10.3. The van der Waals surface area contributed by atoms with Crippen LogP contribution in [-0.4, -0.2) is 41.4 Å². The zero-order valence-electron chi connectivity index (χ0n) is 22.4. The van der Waals surface area contributed by atoms with E-state index in [0.29, 0.717) is 11.1 Å². The molecule has 0 fully saturated rings. The number of aliphatic hydroxyl groups is 1. The van der Waals surface area contributed by atoms with Crippen LogP contribution < -0.4 is 4.74 Å². The van der Waals surface area contributed by atoms with Crippen molar-refractivity contribution in [2.24, 2.45) is 0 Å². The molecule has 3 aromatic carbocycles. The fourth-order valence-electron chi connectivity index (χ4n) is 4.50. The second-order valence-electron chi connectivity index (χ2n) is 9.37. The fourth-order valence-corrected chi connectivity index (χ4v) is 4.91. The molecule has 15 heteroatoms. The van der Waals surface area contributed by atoms with Gasteiger partial charge in [0.15, 0.2) is 17.3 Å². The minimum absolute atomic E-state index is 0.00178. The van der Waals surface area contributed by atoms with Crippen LogP contribution in [0.1, 0.15) is 17.4 Å². The van der Waals surface area contributed by atoms with Crippen LogP contribution in [0, 0.1) is 6.92 Å². The van der Waals surface area contributed by atoms with E-state index >= 15 is 0 Å². The van der Waals surface area contributed by atoms with Gasteiger partial charge in [0.05, 0.1) is 12.3 Å². The summed E-state index contributed by atoms with van der Waals surface area (Å²) in [6.45, 7) is 1.01. The Morgan fingerprint density at radius 3 is 2.25 bits per heavy atom. The summed E-state index contributed by atoms with van der Waals surface area (Å²) in [4.78, 5) is 8.14. The lowest BCUT2D eigenvalue weighted by Crippen LogP contribution is -2.16. The second kappa shape index (κ2) is 11.9. The summed E-state index contributed by atoms with van der Waals surface area (Å²) in [7, 11) is 0. The Morgan fingerprint density at radius 1 is 0.955 bits per heavy atom. The Balaban J connectivity index is 1.74. The molecule has 2 heterocycles. The van der Waals surface area contributed by atoms with Crippen molar-refractivity contribution in [3.05, 3.63) is 90.3 Å². The maximum absolute atomic E-state index is 13.6.